The lowest BCUT2D eigenvalue weighted by Crippen LogP contribution is -2.56. The molecule has 98 valence electrons. The summed E-state index contributed by atoms with van der Waals surface area (Å²) in [5.41, 5.74) is -0.0467. The van der Waals surface area contributed by atoms with Gasteiger partial charge in [0.15, 0.2) is 0 Å². The van der Waals surface area contributed by atoms with Crippen LogP contribution in [0.2, 0.25) is 0 Å². The first-order valence-electron chi connectivity index (χ1n) is 6.98. The molecule has 0 saturated heterocycles. The fraction of sp³-hybridized carbons (Fsp3) is 0.929. The van der Waals surface area contributed by atoms with Gasteiger partial charge >= 0.3 is 5.97 Å². The molecule has 0 aliphatic heterocycles. The fourth-order valence-corrected chi connectivity index (χ4v) is 3.71. The fourth-order valence-electron chi connectivity index (χ4n) is 3.71. The van der Waals surface area contributed by atoms with Crippen molar-refractivity contribution in [2.75, 3.05) is 7.05 Å². The van der Waals surface area contributed by atoms with Gasteiger partial charge in [-0.25, -0.2) is 0 Å². The van der Waals surface area contributed by atoms with Gasteiger partial charge in [0.1, 0.15) is 0 Å². The minimum absolute atomic E-state index is 0.0467. The molecule has 0 atom stereocenters. The lowest BCUT2D eigenvalue weighted by atomic mass is 9.73. The molecule has 2 saturated carbocycles. The molecule has 0 radical (unpaired) electrons. The second kappa shape index (κ2) is 4.97. The summed E-state index contributed by atoms with van der Waals surface area (Å²) in [7, 11) is 2.16. The molecular formula is C14H25NO2. The Balaban J connectivity index is 2.05. The van der Waals surface area contributed by atoms with Crippen molar-refractivity contribution in [3.63, 3.8) is 0 Å². The standard InChI is InChI=1S/C14H25NO2/c1-11-8-12(9-11)15(2)14(10-13(16)17)6-4-3-5-7-14/h11-12H,3-10H2,1-2H3,(H,16,17). The summed E-state index contributed by atoms with van der Waals surface area (Å²) in [5, 5.41) is 9.18. The van der Waals surface area contributed by atoms with E-state index in [9.17, 15) is 9.90 Å². The minimum atomic E-state index is -0.633. The Morgan fingerprint density at radius 3 is 2.35 bits per heavy atom. The van der Waals surface area contributed by atoms with Crippen molar-refractivity contribution in [3.8, 4) is 0 Å². The zero-order chi connectivity index (χ0) is 12.5. The third-order valence-electron chi connectivity index (χ3n) is 4.91. The highest BCUT2D eigenvalue weighted by Gasteiger charge is 2.43. The Labute approximate surface area is 104 Å². The molecule has 2 aliphatic rings. The first-order valence-corrected chi connectivity index (χ1v) is 6.98. The number of carboxylic acids is 1. The van der Waals surface area contributed by atoms with Gasteiger partial charge in [0.2, 0.25) is 0 Å². The second-order valence-corrected chi connectivity index (χ2v) is 6.20. The maximum absolute atomic E-state index is 11.1. The van der Waals surface area contributed by atoms with E-state index in [0.717, 1.165) is 18.8 Å². The van der Waals surface area contributed by atoms with E-state index in [-0.39, 0.29) is 5.54 Å². The first-order chi connectivity index (χ1) is 8.03. The smallest absolute Gasteiger partial charge is 0.305 e. The summed E-state index contributed by atoms with van der Waals surface area (Å²) < 4.78 is 0. The number of aliphatic carboxylic acids is 1. The van der Waals surface area contributed by atoms with Gasteiger partial charge in [-0.2, -0.15) is 0 Å². The van der Waals surface area contributed by atoms with Crippen LogP contribution in [-0.4, -0.2) is 34.6 Å². The molecule has 2 aliphatic carbocycles. The molecule has 2 fully saturated rings. The number of carbonyl (C=O) groups is 1. The number of carboxylic acid groups (broad SMARTS) is 1. The summed E-state index contributed by atoms with van der Waals surface area (Å²) >= 11 is 0. The van der Waals surface area contributed by atoms with Crippen molar-refractivity contribution in [3.05, 3.63) is 0 Å². The molecule has 0 heterocycles. The monoisotopic (exact) mass is 239 g/mol. The molecule has 0 spiro atoms. The van der Waals surface area contributed by atoms with Gasteiger partial charge in [-0.05, 0) is 38.6 Å². The van der Waals surface area contributed by atoms with Crippen LogP contribution in [0, 0.1) is 5.92 Å². The molecule has 0 aromatic carbocycles. The van der Waals surface area contributed by atoms with Gasteiger partial charge < -0.3 is 5.11 Å². The number of rotatable bonds is 4. The SMILES string of the molecule is CC1CC(N(C)C2(CC(=O)O)CCCCC2)C1. The molecule has 0 aromatic heterocycles. The zero-order valence-corrected chi connectivity index (χ0v) is 11.1. The molecule has 0 bridgehead atoms. The maximum Gasteiger partial charge on any atom is 0.305 e. The molecule has 0 amide bonds. The lowest BCUT2D eigenvalue weighted by Gasteiger charge is -2.52. The molecule has 17 heavy (non-hydrogen) atoms. The van der Waals surface area contributed by atoms with Crippen molar-refractivity contribution in [1.29, 1.82) is 0 Å². The van der Waals surface area contributed by atoms with Crippen LogP contribution >= 0.6 is 0 Å². The van der Waals surface area contributed by atoms with Gasteiger partial charge in [-0.3, -0.25) is 9.69 Å². The molecule has 3 nitrogen and oxygen atoms in total. The average Bonchev–Trinajstić information content (AvgIpc) is 2.24. The van der Waals surface area contributed by atoms with Gasteiger partial charge in [-0.15, -0.1) is 0 Å². The number of nitrogens with zero attached hydrogens (tertiary/aromatic N) is 1. The highest BCUT2D eigenvalue weighted by Crippen LogP contribution is 2.42. The topological polar surface area (TPSA) is 40.5 Å². The van der Waals surface area contributed by atoms with Crippen LogP contribution in [0.4, 0.5) is 0 Å². The van der Waals surface area contributed by atoms with Gasteiger partial charge in [0, 0.05) is 11.6 Å². The third kappa shape index (κ3) is 2.65. The van der Waals surface area contributed by atoms with E-state index in [1.54, 1.807) is 0 Å². The molecule has 0 unspecified atom stereocenters. The first kappa shape index (κ1) is 12.9. The summed E-state index contributed by atoms with van der Waals surface area (Å²) in [6, 6.07) is 0.627. The zero-order valence-electron chi connectivity index (χ0n) is 11.1. The molecule has 2 rings (SSSR count). The van der Waals surface area contributed by atoms with E-state index in [4.69, 9.17) is 0 Å². The largest absolute Gasteiger partial charge is 0.481 e. The van der Waals surface area contributed by atoms with Crippen LogP contribution in [-0.2, 0) is 4.79 Å². The van der Waals surface area contributed by atoms with Crippen molar-refractivity contribution in [2.24, 2.45) is 5.92 Å². The Bertz CT molecular complexity index is 278. The summed E-state index contributed by atoms with van der Waals surface area (Å²) in [6.45, 7) is 2.29. The Morgan fingerprint density at radius 1 is 1.29 bits per heavy atom. The van der Waals surface area contributed by atoms with E-state index in [2.05, 4.69) is 18.9 Å². The summed E-state index contributed by atoms with van der Waals surface area (Å²) in [5.74, 6) is 0.194. The average molecular weight is 239 g/mol. The van der Waals surface area contributed by atoms with Crippen LogP contribution in [0.5, 0.6) is 0 Å². The highest BCUT2D eigenvalue weighted by atomic mass is 16.4. The number of hydrogen-bond acceptors (Lipinski definition) is 2. The highest BCUT2D eigenvalue weighted by molar-refractivity contribution is 5.68. The van der Waals surface area contributed by atoms with Crippen LogP contribution in [0.3, 0.4) is 0 Å². The van der Waals surface area contributed by atoms with Crippen LogP contribution < -0.4 is 0 Å². The van der Waals surface area contributed by atoms with Gasteiger partial charge in [-0.1, -0.05) is 26.2 Å². The number of hydrogen-bond donors (Lipinski definition) is 1. The molecular weight excluding hydrogens is 214 g/mol. The van der Waals surface area contributed by atoms with Crippen LogP contribution in [0.1, 0.15) is 58.3 Å². The summed E-state index contributed by atoms with van der Waals surface area (Å²) in [4.78, 5) is 13.6. The normalized spacial score (nSPS) is 32.2. The van der Waals surface area contributed by atoms with Crippen molar-refractivity contribution in [2.45, 2.75) is 69.9 Å². The van der Waals surface area contributed by atoms with E-state index in [0.29, 0.717) is 12.5 Å². The van der Waals surface area contributed by atoms with Crippen molar-refractivity contribution < 1.29 is 9.90 Å². The van der Waals surface area contributed by atoms with Gasteiger partial charge in [0.05, 0.1) is 6.42 Å². The van der Waals surface area contributed by atoms with Crippen molar-refractivity contribution in [1.82, 2.24) is 4.90 Å². The lowest BCUT2D eigenvalue weighted by molar-refractivity contribution is -0.142. The van der Waals surface area contributed by atoms with Crippen LogP contribution in [0.25, 0.3) is 0 Å². The van der Waals surface area contributed by atoms with E-state index in [1.807, 2.05) is 0 Å². The Morgan fingerprint density at radius 2 is 1.88 bits per heavy atom. The van der Waals surface area contributed by atoms with E-state index < -0.39 is 5.97 Å². The van der Waals surface area contributed by atoms with E-state index >= 15 is 0 Å². The predicted octanol–water partition coefficient (Wildman–Crippen LogP) is 2.89. The molecule has 3 heteroatoms. The quantitative estimate of drug-likeness (QED) is 0.820. The van der Waals surface area contributed by atoms with Crippen LogP contribution in [0.15, 0.2) is 0 Å². The van der Waals surface area contributed by atoms with Gasteiger partial charge in [0.25, 0.3) is 0 Å². The maximum atomic E-state index is 11.1. The van der Waals surface area contributed by atoms with Crippen molar-refractivity contribution >= 4 is 5.97 Å². The summed E-state index contributed by atoms with van der Waals surface area (Å²) in [6.07, 6.45) is 8.63. The second-order valence-electron chi connectivity index (χ2n) is 6.20. The predicted molar refractivity (Wildman–Crippen MR) is 68.0 cm³/mol. The Kier molecular flexibility index (Phi) is 3.76. The van der Waals surface area contributed by atoms with E-state index in [1.165, 1.54) is 32.1 Å². The Hall–Kier alpha value is -0.570. The minimum Gasteiger partial charge on any atom is -0.481 e. The molecule has 0 aromatic rings. The molecule has 1 N–H and O–H groups in total. The third-order valence-corrected chi connectivity index (χ3v) is 4.91.